The van der Waals surface area contributed by atoms with Crippen molar-refractivity contribution in [2.24, 2.45) is 0 Å². The van der Waals surface area contributed by atoms with Crippen molar-refractivity contribution >= 4 is 0 Å². The molecule has 0 amide bonds. The number of hydrogen-bond donors (Lipinski definition) is 1. The number of nitrogens with one attached hydrogen (secondary N) is 1. The van der Waals surface area contributed by atoms with Gasteiger partial charge in [-0.25, -0.2) is 4.98 Å². The van der Waals surface area contributed by atoms with E-state index in [1.807, 2.05) is 6.92 Å². The minimum Gasteiger partial charge on any atom is -0.480 e. The molecule has 0 aromatic carbocycles. The summed E-state index contributed by atoms with van der Waals surface area (Å²) in [5.41, 5.74) is 0.124. The number of nitrogens with zero attached hydrogens (tertiary/aromatic N) is 2. The Morgan fingerprint density at radius 3 is 2.50 bits per heavy atom. The molecule has 5 nitrogen and oxygen atoms in total. The van der Waals surface area contributed by atoms with Crippen LogP contribution >= 0.6 is 0 Å². The monoisotopic (exact) mass is 293 g/mol. The summed E-state index contributed by atoms with van der Waals surface area (Å²) in [4.78, 5) is 7.94. The zero-order valence-corrected chi connectivity index (χ0v) is 11.6. The molecule has 0 aliphatic carbocycles. The Bertz CT molecular complexity index is 427. The highest BCUT2D eigenvalue weighted by molar-refractivity contribution is 5.25. The van der Waals surface area contributed by atoms with Crippen LogP contribution < -0.4 is 14.8 Å². The van der Waals surface area contributed by atoms with Gasteiger partial charge in [0.2, 0.25) is 11.8 Å². The fraction of sp³-hybridized carbons (Fsp3) is 0.667. The Balaban J connectivity index is 3.05. The molecule has 1 atom stereocenters. The summed E-state index contributed by atoms with van der Waals surface area (Å²) in [7, 11) is 2.73. The van der Waals surface area contributed by atoms with E-state index in [0.29, 0.717) is 13.0 Å². The summed E-state index contributed by atoms with van der Waals surface area (Å²) < 4.78 is 47.8. The molecule has 0 fully saturated rings. The maximum absolute atomic E-state index is 12.6. The molecule has 1 N–H and O–H groups in total. The van der Waals surface area contributed by atoms with Crippen molar-refractivity contribution in [1.29, 1.82) is 0 Å². The van der Waals surface area contributed by atoms with Crippen LogP contribution in [0.2, 0.25) is 0 Å². The first-order valence-corrected chi connectivity index (χ1v) is 6.16. The van der Waals surface area contributed by atoms with E-state index < -0.39 is 18.6 Å². The van der Waals surface area contributed by atoms with E-state index in [2.05, 4.69) is 15.3 Å². The largest absolute Gasteiger partial charge is 0.480 e. The highest BCUT2D eigenvalue weighted by atomic mass is 19.4. The van der Waals surface area contributed by atoms with Crippen LogP contribution in [-0.2, 0) is 0 Å². The maximum atomic E-state index is 12.6. The molecule has 114 valence electrons. The molecular formula is C12H18F3N3O2. The highest BCUT2D eigenvalue weighted by Gasteiger charge is 2.34. The van der Waals surface area contributed by atoms with E-state index in [-0.39, 0.29) is 17.5 Å². The second-order valence-corrected chi connectivity index (χ2v) is 4.13. The number of aromatic nitrogens is 2. The van der Waals surface area contributed by atoms with E-state index >= 15 is 0 Å². The second-order valence-electron chi connectivity index (χ2n) is 4.13. The number of rotatable bonds is 7. The zero-order chi connectivity index (χ0) is 15.2. The first-order chi connectivity index (χ1) is 9.41. The Morgan fingerprint density at radius 2 is 2.00 bits per heavy atom. The van der Waals surface area contributed by atoms with Gasteiger partial charge in [0, 0.05) is 0 Å². The summed E-state index contributed by atoms with van der Waals surface area (Å²) in [6.45, 7) is 2.31. The maximum Gasteiger partial charge on any atom is 0.390 e. The van der Waals surface area contributed by atoms with Gasteiger partial charge in [-0.1, -0.05) is 6.92 Å². The quantitative estimate of drug-likeness (QED) is 0.837. The van der Waals surface area contributed by atoms with Gasteiger partial charge in [-0.2, -0.15) is 18.2 Å². The van der Waals surface area contributed by atoms with Crippen molar-refractivity contribution in [1.82, 2.24) is 15.3 Å². The summed E-state index contributed by atoms with van der Waals surface area (Å²) in [5.74, 6) is 0.217. The fourth-order valence-corrected chi connectivity index (χ4v) is 1.67. The van der Waals surface area contributed by atoms with Crippen molar-refractivity contribution in [3.63, 3.8) is 0 Å². The third-order valence-electron chi connectivity index (χ3n) is 2.55. The molecular weight excluding hydrogens is 275 g/mol. The first kappa shape index (κ1) is 16.5. The number of ether oxygens (including phenoxy) is 2. The van der Waals surface area contributed by atoms with Crippen molar-refractivity contribution in [3.8, 4) is 11.8 Å². The van der Waals surface area contributed by atoms with Crippen molar-refractivity contribution in [2.45, 2.75) is 32.0 Å². The van der Waals surface area contributed by atoms with E-state index in [1.54, 1.807) is 0 Å². The lowest BCUT2D eigenvalue weighted by Gasteiger charge is -2.21. The summed E-state index contributed by atoms with van der Waals surface area (Å²) in [6.07, 6.45) is -3.36. The minimum atomic E-state index is -4.31. The van der Waals surface area contributed by atoms with Gasteiger partial charge in [-0.15, -0.1) is 0 Å². The lowest BCUT2D eigenvalue weighted by Crippen LogP contribution is -2.28. The van der Waals surface area contributed by atoms with Crippen LogP contribution in [-0.4, -0.2) is 36.9 Å². The molecule has 0 aliphatic heterocycles. The normalized spacial score (nSPS) is 13.1. The predicted octanol–water partition coefficient (Wildman–Crippen LogP) is 2.49. The zero-order valence-electron chi connectivity index (χ0n) is 11.6. The summed E-state index contributed by atoms with van der Waals surface area (Å²) in [5, 5.41) is 2.81. The Labute approximate surface area is 115 Å². The van der Waals surface area contributed by atoms with Gasteiger partial charge in [0.1, 0.15) is 5.69 Å². The molecule has 1 aromatic heterocycles. The lowest BCUT2D eigenvalue weighted by atomic mass is 10.1. The molecule has 0 saturated heterocycles. The SMILES string of the molecule is CCCNC(CC(F)(F)F)c1ncc(OC)nc1OC. The van der Waals surface area contributed by atoms with E-state index in [4.69, 9.17) is 9.47 Å². The molecule has 0 radical (unpaired) electrons. The van der Waals surface area contributed by atoms with E-state index in [9.17, 15) is 13.2 Å². The Morgan fingerprint density at radius 1 is 1.30 bits per heavy atom. The Hall–Kier alpha value is -1.57. The smallest absolute Gasteiger partial charge is 0.390 e. The van der Waals surface area contributed by atoms with Crippen molar-refractivity contribution in [2.75, 3.05) is 20.8 Å². The molecule has 1 unspecified atom stereocenters. The van der Waals surface area contributed by atoms with Gasteiger partial charge in [0.25, 0.3) is 0 Å². The van der Waals surface area contributed by atoms with Crippen LogP contribution in [0.25, 0.3) is 0 Å². The number of hydrogen-bond acceptors (Lipinski definition) is 5. The molecule has 20 heavy (non-hydrogen) atoms. The van der Waals surface area contributed by atoms with Gasteiger partial charge >= 0.3 is 6.18 Å². The lowest BCUT2D eigenvalue weighted by molar-refractivity contribution is -0.140. The molecule has 8 heteroatoms. The van der Waals surface area contributed by atoms with Crippen LogP contribution in [0.3, 0.4) is 0 Å². The van der Waals surface area contributed by atoms with Gasteiger partial charge < -0.3 is 14.8 Å². The molecule has 1 rings (SSSR count). The van der Waals surface area contributed by atoms with E-state index in [1.165, 1.54) is 20.4 Å². The van der Waals surface area contributed by atoms with Crippen molar-refractivity contribution in [3.05, 3.63) is 11.9 Å². The van der Waals surface area contributed by atoms with Crippen LogP contribution in [0.4, 0.5) is 13.2 Å². The number of methoxy groups -OCH3 is 2. The van der Waals surface area contributed by atoms with Crippen LogP contribution in [0.1, 0.15) is 31.5 Å². The molecule has 0 spiro atoms. The number of halogens is 3. The van der Waals surface area contributed by atoms with Crippen LogP contribution in [0, 0.1) is 0 Å². The van der Waals surface area contributed by atoms with Gasteiger partial charge in [0.15, 0.2) is 0 Å². The summed E-state index contributed by atoms with van der Waals surface area (Å²) >= 11 is 0. The van der Waals surface area contributed by atoms with Gasteiger partial charge in [-0.05, 0) is 13.0 Å². The van der Waals surface area contributed by atoms with E-state index in [0.717, 1.165) is 0 Å². The van der Waals surface area contributed by atoms with Gasteiger partial charge in [0.05, 0.1) is 32.9 Å². The standard InChI is InChI=1S/C12H18F3N3O2/c1-4-5-16-8(6-12(13,14)15)10-11(20-3)18-9(19-2)7-17-10/h7-8,16H,4-6H2,1-3H3. The molecule has 0 saturated carbocycles. The predicted molar refractivity (Wildman–Crippen MR) is 66.8 cm³/mol. The third-order valence-corrected chi connectivity index (χ3v) is 2.55. The highest BCUT2D eigenvalue weighted by Crippen LogP contribution is 2.32. The second kappa shape index (κ2) is 7.28. The number of alkyl halides is 3. The summed E-state index contributed by atoms with van der Waals surface area (Å²) in [6, 6.07) is -0.997. The topological polar surface area (TPSA) is 56.3 Å². The van der Waals surface area contributed by atoms with Crippen LogP contribution in [0.5, 0.6) is 11.8 Å². The molecule has 1 aromatic rings. The molecule has 0 bridgehead atoms. The average molecular weight is 293 g/mol. The average Bonchev–Trinajstić information content (AvgIpc) is 2.41. The third kappa shape index (κ3) is 4.84. The fourth-order valence-electron chi connectivity index (χ4n) is 1.67. The molecule has 0 aliphatic rings. The minimum absolute atomic E-state index is 0.0298. The van der Waals surface area contributed by atoms with Crippen molar-refractivity contribution < 1.29 is 22.6 Å². The van der Waals surface area contributed by atoms with Crippen LogP contribution in [0.15, 0.2) is 6.20 Å². The Kier molecular flexibility index (Phi) is 6.00. The first-order valence-electron chi connectivity index (χ1n) is 6.16. The van der Waals surface area contributed by atoms with Gasteiger partial charge in [-0.3, -0.25) is 0 Å². The molecule has 1 heterocycles.